The molecule has 1 atom stereocenters. The van der Waals surface area contributed by atoms with Gasteiger partial charge in [0.1, 0.15) is 5.75 Å². The number of aliphatic hydroxyl groups is 1. The molecule has 3 nitrogen and oxygen atoms in total. The van der Waals surface area contributed by atoms with Gasteiger partial charge in [-0.1, -0.05) is 12.1 Å². The molecule has 3 heteroatoms. The topological polar surface area (TPSA) is 46.5 Å². The Hall–Kier alpha value is -1.35. The van der Waals surface area contributed by atoms with Crippen LogP contribution in [-0.2, 0) is 10.4 Å². The lowest BCUT2D eigenvalue weighted by Crippen LogP contribution is -2.29. The van der Waals surface area contributed by atoms with Gasteiger partial charge in [-0.2, -0.15) is 0 Å². The summed E-state index contributed by atoms with van der Waals surface area (Å²) in [5, 5.41) is 9.86. The van der Waals surface area contributed by atoms with E-state index in [0.29, 0.717) is 11.3 Å². The number of carbonyl (C=O) groups is 1. The number of ether oxygens (including phenoxy) is 1. The Morgan fingerprint density at radius 1 is 1.36 bits per heavy atom. The number of fused-ring (bicyclic) bond motifs is 1. The predicted octanol–water partition coefficient (Wildman–Crippen LogP) is 1.43. The van der Waals surface area contributed by atoms with Gasteiger partial charge in [0, 0.05) is 5.56 Å². The fourth-order valence-corrected chi connectivity index (χ4v) is 1.61. The predicted molar refractivity (Wildman–Crippen MR) is 51.1 cm³/mol. The number of aryl methyl sites for hydroxylation is 1. The van der Waals surface area contributed by atoms with Crippen molar-refractivity contribution in [3.8, 4) is 5.75 Å². The van der Waals surface area contributed by atoms with Gasteiger partial charge < -0.3 is 9.84 Å². The van der Waals surface area contributed by atoms with Crippen LogP contribution >= 0.6 is 0 Å². The molecule has 0 radical (unpaired) electrons. The van der Waals surface area contributed by atoms with E-state index in [1.165, 1.54) is 6.92 Å². The average Bonchev–Trinajstić information content (AvgIpc) is 2.33. The largest absolute Gasteiger partial charge is 0.423 e. The highest BCUT2D eigenvalue weighted by Crippen LogP contribution is 2.40. The van der Waals surface area contributed by atoms with Crippen molar-refractivity contribution >= 4 is 5.97 Å². The van der Waals surface area contributed by atoms with E-state index in [0.717, 1.165) is 11.1 Å². The van der Waals surface area contributed by atoms with E-state index in [9.17, 15) is 9.90 Å². The Morgan fingerprint density at radius 3 is 2.64 bits per heavy atom. The second-order valence-electron chi connectivity index (χ2n) is 3.85. The fourth-order valence-electron chi connectivity index (χ4n) is 1.61. The van der Waals surface area contributed by atoms with Crippen molar-refractivity contribution in [2.75, 3.05) is 0 Å². The molecule has 1 heterocycles. The minimum absolute atomic E-state index is 0.514. The molecule has 1 aliphatic heterocycles. The highest BCUT2D eigenvalue weighted by Gasteiger charge is 2.44. The number of rotatable bonds is 0. The van der Waals surface area contributed by atoms with E-state index in [1.54, 1.807) is 6.07 Å². The second kappa shape index (κ2) is 2.58. The van der Waals surface area contributed by atoms with Crippen LogP contribution in [0.15, 0.2) is 12.1 Å². The first kappa shape index (κ1) is 9.21. The first-order chi connectivity index (χ1) is 6.44. The summed E-state index contributed by atoms with van der Waals surface area (Å²) in [6, 6.07) is 3.62. The second-order valence-corrected chi connectivity index (χ2v) is 3.85. The SMILES string of the molecule is Cc1ccc2c(c1C)OC(=O)C2(C)O. The van der Waals surface area contributed by atoms with Crippen LogP contribution < -0.4 is 4.74 Å². The zero-order chi connectivity index (χ0) is 10.5. The minimum Gasteiger partial charge on any atom is -0.423 e. The van der Waals surface area contributed by atoms with Crippen molar-refractivity contribution in [2.24, 2.45) is 0 Å². The van der Waals surface area contributed by atoms with E-state index in [1.807, 2.05) is 19.9 Å². The number of carbonyl (C=O) groups excluding carboxylic acids is 1. The summed E-state index contributed by atoms with van der Waals surface area (Å²) in [5.74, 6) is -0.0822. The third kappa shape index (κ3) is 0.990. The molecule has 14 heavy (non-hydrogen) atoms. The molecule has 0 aliphatic carbocycles. The molecular formula is C11H12O3. The number of hydrogen-bond acceptors (Lipinski definition) is 3. The van der Waals surface area contributed by atoms with Gasteiger partial charge in [-0.15, -0.1) is 0 Å². The zero-order valence-corrected chi connectivity index (χ0v) is 8.42. The zero-order valence-electron chi connectivity index (χ0n) is 8.42. The monoisotopic (exact) mass is 192 g/mol. The Balaban J connectivity index is 2.70. The molecular weight excluding hydrogens is 180 g/mol. The Labute approximate surface area is 82.3 Å². The lowest BCUT2D eigenvalue weighted by Gasteiger charge is -2.12. The van der Waals surface area contributed by atoms with Crippen molar-refractivity contribution in [1.29, 1.82) is 0 Å². The van der Waals surface area contributed by atoms with E-state index in [-0.39, 0.29) is 0 Å². The van der Waals surface area contributed by atoms with Crippen molar-refractivity contribution in [3.63, 3.8) is 0 Å². The van der Waals surface area contributed by atoms with Gasteiger partial charge in [-0.25, -0.2) is 4.79 Å². The van der Waals surface area contributed by atoms with Gasteiger partial charge in [-0.3, -0.25) is 0 Å². The molecule has 1 aromatic carbocycles. The van der Waals surface area contributed by atoms with Gasteiger partial charge in [0.2, 0.25) is 0 Å². The molecule has 1 unspecified atom stereocenters. The minimum atomic E-state index is -1.49. The van der Waals surface area contributed by atoms with E-state index in [2.05, 4.69) is 0 Å². The molecule has 1 aliphatic rings. The summed E-state index contributed by atoms with van der Waals surface area (Å²) in [6.45, 7) is 5.27. The third-order valence-electron chi connectivity index (χ3n) is 2.79. The molecule has 0 spiro atoms. The van der Waals surface area contributed by atoms with Crippen molar-refractivity contribution < 1.29 is 14.6 Å². The van der Waals surface area contributed by atoms with Gasteiger partial charge in [0.05, 0.1) is 0 Å². The number of hydrogen-bond donors (Lipinski definition) is 1. The van der Waals surface area contributed by atoms with E-state index in [4.69, 9.17) is 4.74 Å². The average molecular weight is 192 g/mol. The molecule has 0 aromatic heterocycles. The van der Waals surface area contributed by atoms with Gasteiger partial charge in [0.25, 0.3) is 0 Å². The van der Waals surface area contributed by atoms with E-state index < -0.39 is 11.6 Å². The smallest absolute Gasteiger partial charge is 0.348 e. The molecule has 2 rings (SSSR count). The van der Waals surface area contributed by atoms with Crippen LogP contribution in [-0.4, -0.2) is 11.1 Å². The maximum atomic E-state index is 11.3. The summed E-state index contributed by atoms with van der Waals surface area (Å²) in [6.07, 6.45) is 0. The van der Waals surface area contributed by atoms with Crippen LogP contribution in [0.5, 0.6) is 5.75 Å². The van der Waals surface area contributed by atoms with Crippen LogP contribution in [0.25, 0.3) is 0 Å². The van der Waals surface area contributed by atoms with Crippen LogP contribution in [0.4, 0.5) is 0 Å². The quantitative estimate of drug-likeness (QED) is 0.499. The lowest BCUT2D eigenvalue weighted by molar-refractivity contribution is -0.150. The van der Waals surface area contributed by atoms with Crippen LogP contribution in [0.1, 0.15) is 23.6 Å². The molecule has 0 fully saturated rings. The Bertz CT molecular complexity index is 419. The number of esters is 1. The standard InChI is InChI=1S/C11H12O3/c1-6-4-5-8-9(7(6)2)14-10(12)11(8,3)13/h4-5,13H,1-3H3. The van der Waals surface area contributed by atoms with Crippen LogP contribution in [0.2, 0.25) is 0 Å². The normalized spacial score (nSPS) is 24.7. The first-order valence-corrected chi connectivity index (χ1v) is 4.50. The highest BCUT2D eigenvalue weighted by molar-refractivity contribution is 5.89. The maximum Gasteiger partial charge on any atom is 0.348 e. The van der Waals surface area contributed by atoms with Crippen molar-refractivity contribution in [3.05, 3.63) is 28.8 Å². The lowest BCUT2D eigenvalue weighted by atomic mass is 9.94. The molecule has 1 N–H and O–H groups in total. The van der Waals surface area contributed by atoms with Crippen LogP contribution in [0.3, 0.4) is 0 Å². The molecule has 0 bridgehead atoms. The summed E-state index contributed by atoms with van der Waals surface area (Å²) in [4.78, 5) is 11.3. The summed E-state index contributed by atoms with van der Waals surface area (Å²) < 4.78 is 5.04. The van der Waals surface area contributed by atoms with Crippen LogP contribution in [0, 0.1) is 13.8 Å². The fraction of sp³-hybridized carbons (Fsp3) is 0.364. The third-order valence-corrected chi connectivity index (χ3v) is 2.79. The molecule has 0 saturated carbocycles. The van der Waals surface area contributed by atoms with Gasteiger partial charge in [-0.05, 0) is 31.9 Å². The van der Waals surface area contributed by atoms with Crippen molar-refractivity contribution in [2.45, 2.75) is 26.4 Å². The Morgan fingerprint density at radius 2 is 2.00 bits per heavy atom. The Kier molecular flexibility index (Phi) is 1.70. The summed E-state index contributed by atoms with van der Waals surface area (Å²) >= 11 is 0. The molecule has 1 aromatic rings. The molecule has 74 valence electrons. The summed E-state index contributed by atoms with van der Waals surface area (Å²) in [5.41, 5.74) is 1.03. The van der Waals surface area contributed by atoms with Gasteiger partial charge in [0.15, 0.2) is 5.60 Å². The van der Waals surface area contributed by atoms with Crippen molar-refractivity contribution in [1.82, 2.24) is 0 Å². The first-order valence-electron chi connectivity index (χ1n) is 4.50. The number of benzene rings is 1. The summed E-state index contributed by atoms with van der Waals surface area (Å²) in [7, 11) is 0. The maximum absolute atomic E-state index is 11.3. The molecule has 0 saturated heterocycles. The van der Waals surface area contributed by atoms with Gasteiger partial charge >= 0.3 is 5.97 Å². The molecule has 0 amide bonds. The van der Waals surface area contributed by atoms with E-state index >= 15 is 0 Å². The highest BCUT2D eigenvalue weighted by atomic mass is 16.6.